The van der Waals surface area contributed by atoms with Crippen LogP contribution in [0.1, 0.15) is 48.0 Å². The quantitative estimate of drug-likeness (QED) is 0.0205. The molecule has 4 amide bonds. The SMILES string of the molecule is CC(=O)NC1C(O)[C@H](O[C@@H]2OC(CO)[C@H](O)[C@H](O[C@]3(OC=O)C[C@@H](O)[C@@H](C)C([C@H](O)[C@H](O)CO)O3)C2O)[C@H](CO)O[C@H]1OC1[C@@H](OCC2O[C@@H](O[C@@H]3C(CO)O[C@@H](O[C@@H]4C(CO)O[C@@H](C)C(NC(C)=O)[C@H]4O)C(NC(C)=O)[C@H]3O)C(O)[C@@H](O[C@H]3O[C@H](CO)[C@@H](O)C(O)C3O[C@@H]3OC(CO)[C@@H](O[C@@H]4OC(CO)[C@H](O)[C@H](O)C4O)[C@H](O)C3NC(C)=O)[C@@H]2O)OC(CO)[C@@H](O)[C@@H]1O. The first-order valence-corrected chi connectivity index (χ1v) is 41.4. The summed E-state index contributed by atoms with van der Waals surface area (Å²) in [7, 11) is 0. The zero-order valence-corrected chi connectivity index (χ0v) is 70.0. The van der Waals surface area contributed by atoms with Gasteiger partial charge in [-0.25, -0.2) is 0 Å². The van der Waals surface area contributed by atoms with Crippen LogP contribution in [0.25, 0.3) is 0 Å². The molecule has 19 unspecified atom stereocenters. The second kappa shape index (κ2) is 46.6. The molecular weight excluding hydrogens is 1760 g/mol. The predicted octanol–water partition coefficient (Wildman–Crippen LogP) is -20.6. The number of carbonyl (C=O) groups is 5. The fraction of sp³-hybridized carbons (Fsp3) is 0.932. The molecule has 0 aromatic carbocycles. The molecule has 0 aliphatic carbocycles. The molecule has 0 bridgehead atoms. The van der Waals surface area contributed by atoms with Gasteiger partial charge in [-0.2, -0.15) is 0 Å². The Morgan fingerprint density at radius 3 is 1.08 bits per heavy atom. The number of amides is 4. The number of hydrogen-bond donors (Lipinski definition) is 31. The monoisotopic (exact) mass is 1890 g/mol. The van der Waals surface area contributed by atoms with Gasteiger partial charge in [-0.05, 0) is 6.92 Å². The van der Waals surface area contributed by atoms with Gasteiger partial charge < -0.3 is 254 Å². The minimum absolute atomic E-state index is 0.254. The number of carbonyl (C=O) groups excluding carboxylic acids is 5. The van der Waals surface area contributed by atoms with E-state index in [1.54, 1.807) is 0 Å². The van der Waals surface area contributed by atoms with Crippen LogP contribution in [-0.4, -0.2) is 540 Å². The molecule has 10 aliphatic heterocycles. The van der Waals surface area contributed by atoms with Crippen LogP contribution in [0.2, 0.25) is 0 Å². The van der Waals surface area contributed by atoms with E-state index in [0.29, 0.717) is 0 Å². The lowest BCUT2D eigenvalue weighted by Crippen LogP contribution is -2.71. The van der Waals surface area contributed by atoms with Crippen molar-refractivity contribution in [3.8, 4) is 0 Å². The highest BCUT2D eigenvalue weighted by molar-refractivity contribution is 5.74. The minimum Gasteiger partial charge on any atom is -0.410 e. The van der Waals surface area contributed by atoms with Crippen molar-refractivity contribution in [2.45, 2.75) is 354 Å². The van der Waals surface area contributed by atoms with E-state index < -0.39 is 408 Å². The second-order valence-corrected chi connectivity index (χ2v) is 32.9. The van der Waals surface area contributed by atoms with E-state index in [1.807, 2.05) is 0 Å². The first-order valence-electron chi connectivity index (χ1n) is 41.4. The Balaban J connectivity index is 0.967. The highest BCUT2D eigenvalue weighted by Gasteiger charge is 2.63. The highest BCUT2D eigenvalue weighted by atomic mass is 16.9. The van der Waals surface area contributed by atoms with Crippen molar-refractivity contribution in [3.63, 3.8) is 0 Å². The summed E-state index contributed by atoms with van der Waals surface area (Å²) in [6, 6.07) is -7.16. The van der Waals surface area contributed by atoms with Crippen LogP contribution >= 0.6 is 0 Å². The molecule has 0 aromatic heterocycles. The van der Waals surface area contributed by atoms with E-state index in [4.69, 9.17) is 94.7 Å². The van der Waals surface area contributed by atoms with Crippen LogP contribution in [0.15, 0.2) is 0 Å². The van der Waals surface area contributed by atoms with Gasteiger partial charge in [0.05, 0.1) is 96.8 Å². The van der Waals surface area contributed by atoms with E-state index in [-0.39, 0.29) is 6.47 Å². The molecule has 0 radical (unpaired) electrons. The third-order valence-corrected chi connectivity index (χ3v) is 24.0. The molecule has 129 heavy (non-hydrogen) atoms. The van der Waals surface area contributed by atoms with E-state index in [0.717, 1.165) is 27.7 Å². The predicted molar refractivity (Wildman–Crippen MR) is 399 cm³/mol. The molecule has 31 N–H and O–H groups in total. The molecule has 51 atom stereocenters. The average molecular weight is 1890 g/mol. The standard InChI is InChI=1S/C73H122N4O52/c1-19-25(92)7-73(111-18-87,128-56(19)40(94)26(93)8-78)129-62-44(98)30(12-82)114-70(55(62)109)124-60-34(16-86)118-66(38(49(60)103)76-23(5)90)126-63-51(105)42(96)28(10-80)115-71(63)110-17-35-45(99)61(54(108)69(120-35)123-59-33(15-85)117-65(37(47(59)101)75-22(4)89)121-57-31(13-83)112-20(2)36(46(57)100)74-21(3)88)125-72-64(52(106)43(97)29(11-81)116-72)127-67-39(77-24(6)91)48(102)58(32(14-84)119-67)122-68-53(107)50(104)41(95)27(9-79)113-68/h18-20,25-72,78-86,92-109H,7-17H2,1-6H3,(H,74,88)(H,75,89)(H,76,90)(H,77,91)/t19-,20+,25-,26-,27?,28?,29-,30?,31?,32?,33?,34+,35?,36?,37?,38?,39?,40-,41+,42-,43-,44+,45-,46-,47-,48-,49?,50+,51+,52?,53?,54?,55?,56?,57-,58-,59-,60-,61+,62+,63?,64?,65+,66+,67+,68+,69+,70+,71+,72-,73+/m1/s1. The summed E-state index contributed by atoms with van der Waals surface area (Å²) >= 11 is 0. The van der Waals surface area contributed by atoms with Crippen molar-refractivity contribution < 1.29 is 257 Å². The largest absolute Gasteiger partial charge is 0.410 e. The van der Waals surface area contributed by atoms with Gasteiger partial charge in [0.25, 0.3) is 6.47 Å². The van der Waals surface area contributed by atoms with Crippen molar-refractivity contribution >= 4 is 30.1 Å². The summed E-state index contributed by atoms with van der Waals surface area (Å²) < 4.78 is 119. The summed E-state index contributed by atoms with van der Waals surface area (Å²) in [5.41, 5.74) is 0. The molecule has 10 aliphatic rings. The van der Waals surface area contributed by atoms with Crippen molar-refractivity contribution in [1.29, 1.82) is 0 Å². The molecule has 0 saturated carbocycles. The van der Waals surface area contributed by atoms with Gasteiger partial charge in [0, 0.05) is 33.6 Å². The number of aliphatic hydroxyl groups excluding tert-OH is 27. The summed E-state index contributed by atoms with van der Waals surface area (Å²) in [5, 5.41) is 313. The van der Waals surface area contributed by atoms with E-state index in [2.05, 4.69) is 21.3 Å². The molecule has 10 saturated heterocycles. The Morgan fingerprint density at radius 1 is 0.349 bits per heavy atom. The third kappa shape index (κ3) is 23.7. The van der Waals surface area contributed by atoms with Crippen LogP contribution < -0.4 is 21.3 Å². The first-order chi connectivity index (χ1) is 61.0. The van der Waals surface area contributed by atoms with Crippen LogP contribution in [0, 0.1) is 5.92 Å². The minimum atomic E-state index is -2.88. The lowest BCUT2D eigenvalue weighted by Gasteiger charge is -2.51. The third-order valence-electron chi connectivity index (χ3n) is 24.0. The number of nitrogens with one attached hydrogen (secondary N) is 4. The van der Waals surface area contributed by atoms with Crippen molar-refractivity contribution in [3.05, 3.63) is 0 Å². The van der Waals surface area contributed by atoms with Gasteiger partial charge in [0.2, 0.25) is 23.6 Å². The maximum Gasteiger partial charge on any atom is 0.332 e. The molecule has 746 valence electrons. The number of aliphatic hydroxyl groups is 27. The number of ether oxygens (including phenoxy) is 20. The van der Waals surface area contributed by atoms with Crippen LogP contribution in [0.3, 0.4) is 0 Å². The Bertz CT molecular complexity index is 3520. The fourth-order valence-corrected chi connectivity index (χ4v) is 17.0. The molecule has 10 fully saturated rings. The van der Waals surface area contributed by atoms with Crippen molar-refractivity contribution in [2.75, 3.05) is 66.1 Å². The summed E-state index contributed by atoms with van der Waals surface area (Å²) in [6.07, 6.45) is -94.7. The Kier molecular flexibility index (Phi) is 38.5. The van der Waals surface area contributed by atoms with Gasteiger partial charge >= 0.3 is 5.97 Å². The maximum absolute atomic E-state index is 13.2. The topological polar surface area (TPSA) is 864 Å². The maximum atomic E-state index is 13.2. The molecule has 0 aromatic rings. The molecule has 56 nitrogen and oxygen atoms in total. The second-order valence-electron chi connectivity index (χ2n) is 32.9. The Labute approximate surface area is 732 Å². The molecule has 10 rings (SSSR count). The summed E-state index contributed by atoms with van der Waals surface area (Å²) in [6.45, 7) is -4.83. The summed E-state index contributed by atoms with van der Waals surface area (Å²) in [5.74, 6) is -7.56. The average Bonchev–Trinajstić information content (AvgIpc) is 0.759. The smallest absolute Gasteiger partial charge is 0.332 e. The lowest BCUT2D eigenvalue weighted by molar-refractivity contribution is -0.448. The van der Waals surface area contributed by atoms with E-state index in [9.17, 15) is 162 Å². The zero-order valence-electron chi connectivity index (χ0n) is 70.0. The van der Waals surface area contributed by atoms with Crippen molar-refractivity contribution in [1.82, 2.24) is 21.3 Å². The number of hydrogen-bond acceptors (Lipinski definition) is 52. The Morgan fingerprint density at radius 2 is 0.667 bits per heavy atom. The lowest BCUT2D eigenvalue weighted by atomic mass is 9.87. The summed E-state index contributed by atoms with van der Waals surface area (Å²) in [4.78, 5) is 63.8. The van der Waals surface area contributed by atoms with Gasteiger partial charge in [-0.15, -0.1) is 0 Å². The van der Waals surface area contributed by atoms with Crippen molar-refractivity contribution in [2.24, 2.45) is 5.92 Å². The fourth-order valence-electron chi connectivity index (χ4n) is 17.0. The van der Waals surface area contributed by atoms with Crippen LogP contribution in [0.5, 0.6) is 0 Å². The van der Waals surface area contributed by atoms with Gasteiger partial charge in [0.1, 0.15) is 226 Å². The molecule has 56 heteroatoms. The highest BCUT2D eigenvalue weighted by Crippen LogP contribution is 2.44. The van der Waals surface area contributed by atoms with E-state index in [1.165, 1.54) is 13.8 Å². The van der Waals surface area contributed by atoms with Gasteiger partial charge in [-0.1, -0.05) is 6.92 Å². The molecule has 10 heterocycles. The Hall–Kier alpha value is -4.49. The van der Waals surface area contributed by atoms with E-state index >= 15 is 0 Å². The van der Waals surface area contributed by atoms with Crippen LogP contribution in [0.4, 0.5) is 0 Å². The molecule has 0 spiro atoms. The normalized spacial score (nSPS) is 48.1. The van der Waals surface area contributed by atoms with Gasteiger partial charge in [-0.3, -0.25) is 24.0 Å². The first kappa shape index (κ1) is 107. The van der Waals surface area contributed by atoms with Gasteiger partial charge in [0.15, 0.2) is 50.3 Å². The number of rotatable bonds is 36. The molecular formula is C73H122N4O52. The van der Waals surface area contributed by atoms with Crippen LogP contribution in [-0.2, 0) is 119 Å². The zero-order chi connectivity index (χ0) is 95.1.